The van der Waals surface area contributed by atoms with Crippen LogP contribution in [-0.2, 0) is 16.0 Å². The fourth-order valence-corrected chi connectivity index (χ4v) is 1.68. The summed E-state index contributed by atoms with van der Waals surface area (Å²) in [6.07, 6.45) is 2.72. The first-order valence-corrected chi connectivity index (χ1v) is 6.17. The van der Waals surface area contributed by atoms with Gasteiger partial charge in [-0.3, -0.25) is 4.79 Å². The van der Waals surface area contributed by atoms with Crippen molar-refractivity contribution in [3.8, 4) is 0 Å². The van der Waals surface area contributed by atoms with Crippen molar-refractivity contribution in [1.29, 1.82) is 0 Å². The molecule has 0 radical (unpaired) electrons. The lowest BCUT2D eigenvalue weighted by atomic mass is 10.1. The highest BCUT2D eigenvalue weighted by Gasteiger charge is 2.18. The Balaban J connectivity index is 2.61. The molecule has 4 nitrogen and oxygen atoms in total. The van der Waals surface area contributed by atoms with Crippen LogP contribution < -0.4 is 11.1 Å². The molecule has 1 unspecified atom stereocenters. The third-order valence-electron chi connectivity index (χ3n) is 2.62. The molecule has 0 saturated heterocycles. The Bertz CT molecular complexity index is 458. The van der Waals surface area contributed by atoms with E-state index in [0.717, 1.165) is 6.07 Å². The van der Waals surface area contributed by atoms with Crippen molar-refractivity contribution in [3.63, 3.8) is 0 Å². The van der Waals surface area contributed by atoms with Crippen molar-refractivity contribution in [2.45, 2.75) is 12.5 Å². The number of hydrogen-bond acceptors (Lipinski definition) is 3. The van der Waals surface area contributed by atoms with Crippen LogP contribution in [0.15, 0.2) is 30.4 Å². The Morgan fingerprint density at radius 3 is 2.55 bits per heavy atom. The SMILES string of the molecule is COC(Cc1cc(F)cc(F)c1)C(=O)NCC=CCN. The second-order valence-corrected chi connectivity index (χ2v) is 4.16. The van der Waals surface area contributed by atoms with Gasteiger partial charge >= 0.3 is 0 Å². The summed E-state index contributed by atoms with van der Waals surface area (Å²) >= 11 is 0. The lowest BCUT2D eigenvalue weighted by Gasteiger charge is -2.14. The maximum absolute atomic E-state index is 13.1. The van der Waals surface area contributed by atoms with Crippen LogP contribution in [0, 0.1) is 11.6 Å². The molecule has 3 N–H and O–H groups in total. The maximum atomic E-state index is 13.1. The van der Waals surface area contributed by atoms with Crippen molar-refractivity contribution in [2.24, 2.45) is 5.73 Å². The predicted molar refractivity (Wildman–Crippen MR) is 72.1 cm³/mol. The topological polar surface area (TPSA) is 64.3 Å². The van der Waals surface area contributed by atoms with E-state index in [1.807, 2.05) is 0 Å². The van der Waals surface area contributed by atoms with Gasteiger partial charge in [0.15, 0.2) is 0 Å². The number of hydrogen-bond donors (Lipinski definition) is 2. The van der Waals surface area contributed by atoms with E-state index in [9.17, 15) is 13.6 Å². The highest BCUT2D eigenvalue weighted by Crippen LogP contribution is 2.11. The molecule has 110 valence electrons. The first-order chi connectivity index (χ1) is 9.56. The van der Waals surface area contributed by atoms with Gasteiger partial charge in [-0.05, 0) is 17.7 Å². The van der Waals surface area contributed by atoms with Crippen molar-refractivity contribution < 1.29 is 18.3 Å². The lowest BCUT2D eigenvalue weighted by molar-refractivity contribution is -0.130. The Morgan fingerprint density at radius 2 is 2.00 bits per heavy atom. The van der Waals surface area contributed by atoms with E-state index in [4.69, 9.17) is 10.5 Å². The highest BCUT2D eigenvalue weighted by atomic mass is 19.1. The molecule has 1 aromatic rings. The molecule has 0 aliphatic carbocycles. The fourth-order valence-electron chi connectivity index (χ4n) is 1.68. The zero-order valence-corrected chi connectivity index (χ0v) is 11.2. The van der Waals surface area contributed by atoms with E-state index in [1.54, 1.807) is 12.2 Å². The van der Waals surface area contributed by atoms with Crippen molar-refractivity contribution in [2.75, 3.05) is 20.2 Å². The minimum Gasteiger partial charge on any atom is -0.371 e. The summed E-state index contributed by atoms with van der Waals surface area (Å²) in [5, 5.41) is 2.62. The van der Waals surface area contributed by atoms with Crippen molar-refractivity contribution in [3.05, 3.63) is 47.5 Å². The summed E-state index contributed by atoms with van der Waals surface area (Å²) < 4.78 is 31.2. The molecular formula is C14H18F2N2O2. The van der Waals surface area contributed by atoms with Gasteiger partial charge in [0, 0.05) is 32.7 Å². The molecule has 0 bridgehead atoms. The number of nitrogens with one attached hydrogen (secondary N) is 1. The summed E-state index contributed by atoms with van der Waals surface area (Å²) in [4.78, 5) is 11.8. The summed E-state index contributed by atoms with van der Waals surface area (Å²) in [5.74, 6) is -1.71. The zero-order valence-electron chi connectivity index (χ0n) is 11.2. The number of carbonyl (C=O) groups is 1. The van der Waals surface area contributed by atoms with Crippen LogP contribution in [0.2, 0.25) is 0 Å². The van der Waals surface area contributed by atoms with Crippen LogP contribution in [-0.4, -0.2) is 32.2 Å². The van der Waals surface area contributed by atoms with Gasteiger partial charge in [-0.1, -0.05) is 12.2 Å². The van der Waals surface area contributed by atoms with Crippen LogP contribution in [0.25, 0.3) is 0 Å². The minimum atomic E-state index is -0.803. The number of methoxy groups -OCH3 is 1. The van der Waals surface area contributed by atoms with Gasteiger partial charge in [0.25, 0.3) is 0 Å². The van der Waals surface area contributed by atoms with E-state index in [1.165, 1.54) is 19.2 Å². The largest absolute Gasteiger partial charge is 0.371 e. The first kappa shape index (κ1) is 16.3. The summed E-state index contributed by atoms with van der Waals surface area (Å²) in [7, 11) is 1.37. The Labute approximate surface area is 116 Å². The highest BCUT2D eigenvalue weighted by molar-refractivity contribution is 5.81. The standard InChI is InChI=1S/C14H18F2N2O2/c1-20-13(14(19)18-5-3-2-4-17)8-10-6-11(15)9-12(16)7-10/h2-3,6-7,9,13H,4-5,8,17H2,1H3,(H,18,19). The smallest absolute Gasteiger partial charge is 0.249 e. The molecule has 1 amide bonds. The molecule has 1 rings (SSSR count). The minimum absolute atomic E-state index is 0.0949. The van der Waals surface area contributed by atoms with E-state index < -0.39 is 17.7 Å². The van der Waals surface area contributed by atoms with Gasteiger partial charge in [-0.15, -0.1) is 0 Å². The van der Waals surface area contributed by atoms with Crippen LogP contribution in [0.3, 0.4) is 0 Å². The number of amides is 1. The molecule has 0 aliphatic heterocycles. The average Bonchev–Trinajstić information content (AvgIpc) is 2.39. The summed E-state index contributed by atoms with van der Waals surface area (Å²) in [5.41, 5.74) is 5.63. The van der Waals surface area contributed by atoms with Gasteiger partial charge in [0.1, 0.15) is 17.7 Å². The Kier molecular flexibility index (Phi) is 6.83. The summed E-state index contributed by atoms with van der Waals surface area (Å²) in [6.45, 7) is 0.722. The molecule has 0 saturated carbocycles. The molecule has 0 spiro atoms. The third kappa shape index (κ3) is 5.46. The number of carbonyl (C=O) groups excluding carboxylic acids is 1. The number of benzene rings is 1. The quantitative estimate of drug-likeness (QED) is 0.738. The van der Waals surface area contributed by atoms with Crippen LogP contribution >= 0.6 is 0 Å². The first-order valence-electron chi connectivity index (χ1n) is 6.17. The van der Waals surface area contributed by atoms with Crippen LogP contribution in [0.4, 0.5) is 8.78 Å². The fraction of sp³-hybridized carbons (Fsp3) is 0.357. The Hall–Kier alpha value is -1.79. The molecule has 0 aromatic heterocycles. The van der Waals surface area contributed by atoms with Gasteiger partial charge in [-0.25, -0.2) is 8.78 Å². The maximum Gasteiger partial charge on any atom is 0.249 e. The van der Waals surface area contributed by atoms with Crippen molar-refractivity contribution >= 4 is 5.91 Å². The van der Waals surface area contributed by atoms with Gasteiger partial charge in [-0.2, -0.15) is 0 Å². The van der Waals surface area contributed by atoms with Gasteiger partial charge < -0.3 is 15.8 Å². The predicted octanol–water partition coefficient (Wildman–Crippen LogP) is 1.15. The van der Waals surface area contributed by atoms with Crippen molar-refractivity contribution in [1.82, 2.24) is 5.32 Å². The van der Waals surface area contributed by atoms with Gasteiger partial charge in [0.2, 0.25) is 5.91 Å². The third-order valence-corrected chi connectivity index (χ3v) is 2.62. The monoisotopic (exact) mass is 284 g/mol. The normalized spacial score (nSPS) is 12.6. The Morgan fingerprint density at radius 1 is 1.35 bits per heavy atom. The summed E-state index contributed by atoms with van der Waals surface area (Å²) in [6, 6.07) is 3.14. The molecule has 0 heterocycles. The van der Waals surface area contributed by atoms with Crippen LogP contribution in [0.5, 0.6) is 0 Å². The molecule has 1 atom stereocenters. The van der Waals surface area contributed by atoms with E-state index in [2.05, 4.69) is 5.32 Å². The molecular weight excluding hydrogens is 266 g/mol. The second kappa shape index (κ2) is 8.39. The van der Waals surface area contributed by atoms with Gasteiger partial charge in [0.05, 0.1) is 0 Å². The zero-order chi connectivity index (χ0) is 15.0. The van der Waals surface area contributed by atoms with E-state index in [-0.39, 0.29) is 12.3 Å². The number of ether oxygens (including phenoxy) is 1. The molecule has 20 heavy (non-hydrogen) atoms. The molecule has 6 heteroatoms. The lowest BCUT2D eigenvalue weighted by Crippen LogP contribution is -2.37. The van der Waals surface area contributed by atoms with E-state index >= 15 is 0 Å². The van der Waals surface area contributed by atoms with Crippen LogP contribution in [0.1, 0.15) is 5.56 Å². The number of rotatable bonds is 7. The average molecular weight is 284 g/mol. The molecule has 1 aromatic carbocycles. The van der Waals surface area contributed by atoms with E-state index in [0.29, 0.717) is 18.7 Å². The molecule has 0 fully saturated rings. The second-order valence-electron chi connectivity index (χ2n) is 4.16. The number of halogens is 2. The molecule has 0 aliphatic rings. The number of nitrogens with two attached hydrogens (primary N) is 1.